The van der Waals surface area contributed by atoms with Crippen molar-refractivity contribution in [3.05, 3.63) is 46.2 Å². The fraction of sp³-hybridized carbons (Fsp3) is 0.400. The number of carbonyl (C=O) groups is 1. The van der Waals surface area contributed by atoms with E-state index in [-0.39, 0.29) is 12.0 Å². The van der Waals surface area contributed by atoms with Crippen molar-refractivity contribution in [1.82, 2.24) is 14.9 Å². The first-order valence-corrected chi connectivity index (χ1v) is 7.86. The quantitative estimate of drug-likeness (QED) is 0.870. The maximum absolute atomic E-state index is 12.3. The Morgan fingerprint density at radius 2 is 2.43 bits per heavy atom. The third kappa shape index (κ3) is 3.46. The second-order valence-corrected chi connectivity index (χ2v) is 5.84. The van der Waals surface area contributed by atoms with Gasteiger partial charge in [0.25, 0.3) is 0 Å². The van der Waals surface area contributed by atoms with Crippen LogP contribution in [0, 0.1) is 6.92 Å². The lowest BCUT2D eigenvalue weighted by Crippen LogP contribution is -2.43. The molecule has 0 unspecified atom stereocenters. The number of thiophene rings is 1. The van der Waals surface area contributed by atoms with E-state index in [4.69, 9.17) is 4.74 Å². The molecule has 0 aliphatic carbocycles. The zero-order chi connectivity index (χ0) is 14.7. The van der Waals surface area contributed by atoms with Gasteiger partial charge in [-0.15, -0.1) is 0 Å². The predicted octanol–water partition coefficient (Wildman–Crippen LogP) is 1.99. The molecule has 0 N–H and O–H groups in total. The molecule has 110 valence electrons. The molecule has 1 saturated heterocycles. The minimum atomic E-state index is -0.231. The highest BCUT2D eigenvalue weighted by molar-refractivity contribution is 7.07. The Labute approximate surface area is 127 Å². The largest absolute Gasteiger partial charge is 0.367 e. The van der Waals surface area contributed by atoms with Gasteiger partial charge >= 0.3 is 0 Å². The number of aryl methyl sites for hydroxylation is 1. The second kappa shape index (κ2) is 6.32. The van der Waals surface area contributed by atoms with E-state index in [2.05, 4.69) is 9.97 Å². The molecule has 6 heteroatoms. The van der Waals surface area contributed by atoms with Crippen molar-refractivity contribution in [2.75, 3.05) is 19.7 Å². The van der Waals surface area contributed by atoms with E-state index < -0.39 is 0 Å². The summed E-state index contributed by atoms with van der Waals surface area (Å²) in [5, 5.41) is 4.00. The normalized spacial score (nSPS) is 18.7. The van der Waals surface area contributed by atoms with Crippen molar-refractivity contribution >= 4 is 17.2 Å². The number of hydrogen-bond donors (Lipinski definition) is 0. The van der Waals surface area contributed by atoms with Crippen LogP contribution in [-0.2, 0) is 16.0 Å². The molecule has 1 aliphatic rings. The number of ether oxygens (including phenoxy) is 1. The lowest BCUT2D eigenvalue weighted by molar-refractivity contribution is -0.138. The molecule has 1 aliphatic heterocycles. The van der Waals surface area contributed by atoms with Crippen LogP contribution in [0.2, 0.25) is 0 Å². The number of carbonyl (C=O) groups excluding carboxylic acids is 1. The van der Waals surface area contributed by atoms with Gasteiger partial charge in [-0.25, -0.2) is 9.97 Å². The summed E-state index contributed by atoms with van der Waals surface area (Å²) in [6.45, 7) is 3.60. The minimum absolute atomic E-state index is 0.134. The summed E-state index contributed by atoms with van der Waals surface area (Å²) in [6.07, 6.45) is 1.95. The third-order valence-corrected chi connectivity index (χ3v) is 4.19. The summed E-state index contributed by atoms with van der Waals surface area (Å²) in [5.74, 6) is 0.789. The first-order valence-electron chi connectivity index (χ1n) is 6.92. The van der Waals surface area contributed by atoms with Crippen LogP contribution >= 0.6 is 11.3 Å². The monoisotopic (exact) mass is 303 g/mol. The van der Waals surface area contributed by atoms with Crippen LogP contribution in [-0.4, -0.2) is 40.5 Å². The van der Waals surface area contributed by atoms with Crippen LogP contribution in [0.4, 0.5) is 0 Å². The summed E-state index contributed by atoms with van der Waals surface area (Å²) in [5.41, 5.74) is 1.98. The third-order valence-electron chi connectivity index (χ3n) is 3.46. The standard InChI is InChI=1S/C15H17N3O2S/c1-11-2-4-16-15(17-11)13-9-18(5-6-20-13)14(19)8-12-3-7-21-10-12/h2-4,7,10,13H,5-6,8-9H2,1H3/t13-/m0/s1. The smallest absolute Gasteiger partial charge is 0.227 e. The Bertz CT molecular complexity index is 615. The second-order valence-electron chi connectivity index (χ2n) is 5.06. The van der Waals surface area contributed by atoms with Gasteiger partial charge < -0.3 is 9.64 Å². The van der Waals surface area contributed by atoms with Gasteiger partial charge in [-0.3, -0.25) is 4.79 Å². The van der Waals surface area contributed by atoms with Crippen molar-refractivity contribution < 1.29 is 9.53 Å². The fourth-order valence-corrected chi connectivity index (χ4v) is 3.00. The van der Waals surface area contributed by atoms with Gasteiger partial charge in [-0.1, -0.05) is 0 Å². The summed E-state index contributed by atoms with van der Waals surface area (Å²) in [6, 6.07) is 3.84. The van der Waals surface area contributed by atoms with Crippen molar-refractivity contribution in [2.24, 2.45) is 0 Å². The van der Waals surface area contributed by atoms with Crippen LogP contribution in [0.5, 0.6) is 0 Å². The van der Waals surface area contributed by atoms with Gasteiger partial charge in [0.2, 0.25) is 5.91 Å². The number of nitrogens with zero attached hydrogens (tertiary/aromatic N) is 3. The molecular weight excluding hydrogens is 286 g/mol. The minimum Gasteiger partial charge on any atom is -0.367 e. The zero-order valence-electron chi connectivity index (χ0n) is 11.9. The Kier molecular flexibility index (Phi) is 4.26. The van der Waals surface area contributed by atoms with Crippen LogP contribution < -0.4 is 0 Å². The van der Waals surface area contributed by atoms with E-state index in [1.807, 2.05) is 34.7 Å². The van der Waals surface area contributed by atoms with Crippen LogP contribution in [0.3, 0.4) is 0 Å². The van der Waals surface area contributed by atoms with E-state index in [0.29, 0.717) is 31.9 Å². The van der Waals surface area contributed by atoms with Crippen LogP contribution in [0.1, 0.15) is 23.2 Å². The first kappa shape index (κ1) is 14.2. The Balaban J connectivity index is 1.66. The summed E-state index contributed by atoms with van der Waals surface area (Å²) < 4.78 is 5.72. The highest BCUT2D eigenvalue weighted by Gasteiger charge is 2.27. The van der Waals surface area contributed by atoms with Gasteiger partial charge in [0, 0.05) is 18.4 Å². The molecule has 2 aromatic heterocycles. The average Bonchev–Trinajstić information content (AvgIpc) is 3.00. The Morgan fingerprint density at radius 1 is 1.52 bits per heavy atom. The van der Waals surface area contributed by atoms with E-state index >= 15 is 0 Å². The van der Waals surface area contributed by atoms with Crippen LogP contribution in [0.25, 0.3) is 0 Å². The van der Waals surface area contributed by atoms with Crippen molar-refractivity contribution in [2.45, 2.75) is 19.4 Å². The molecule has 0 aromatic carbocycles. The van der Waals surface area contributed by atoms with Gasteiger partial charge in [0.15, 0.2) is 5.82 Å². The van der Waals surface area contributed by atoms with Crippen LogP contribution in [0.15, 0.2) is 29.1 Å². The number of rotatable bonds is 3. The molecule has 0 saturated carbocycles. The molecule has 2 aromatic rings. The van der Waals surface area contributed by atoms with Gasteiger partial charge in [0.05, 0.1) is 19.6 Å². The number of amides is 1. The molecule has 3 heterocycles. The molecule has 1 fully saturated rings. The molecule has 0 spiro atoms. The van der Waals surface area contributed by atoms with E-state index in [9.17, 15) is 4.79 Å². The Hall–Kier alpha value is -1.79. The molecule has 3 rings (SSSR count). The van der Waals surface area contributed by atoms with Gasteiger partial charge in [-0.2, -0.15) is 11.3 Å². The van der Waals surface area contributed by atoms with E-state index in [0.717, 1.165) is 11.3 Å². The molecule has 21 heavy (non-hydrogen) atoms. The van der Waals surface area contributed by atoms with Gasteiger partial charge in [0.1, 0.15) is 6.10 Å². The number of morpholine rings is 1. The van der Waals surface area contributed by atoms with E-state index in [1.54, 1.807) is 17.5 Å². The average molecular weight is 303 g/mol. The lowest BCUT2D eigenvalue weighted by atomic mass is 10.2. The first-order chi connectivity index (χ1) is 10.2. The van der Waals surface area contributed by atoms with Crippen molar-refractivity contribution in [3.8, 4) is 0 Å². The van der Waals surface area contributed by atoms with Gasteiger partial charge in [-0.05, 0) is 35.4 Å². The highest BCUT2D eigenvalue weighted by atomic mass is 32.1. The Morgan fingerprint density at radius 3 is 3.19 bits per heavy atom. The summed E-state index contributed by atoms with van der Waals surface area (Å²) in [7, 11) is 0. The SMILES string of the molecule is Cc1ccnc([C@@H]2CN(C(=O)Cc3ccsc3)CCO2)n1. The predicted molar refractivity (Wildman–Crippen MR) is 80.1 cm³/mol. The maximum atomic E-state index is 12.3. The fourth-order valence-electron chi connectivity index (χ4n) is 2.34. The maximum Gasteiger partial charge on any atom is 0.227 e. The number of hydrogen-bond acceptors (Lipinski definition) is 5. The summed E-state index contributed by atoms with van der Waals surface area (Å²) >= 11 is 1.61. The van der Waals surface area contributed by atoms with Crippen molar-refractivity contribution in [3.63, 3.8) is 0 Å². The topological polar surface area (TPSA) is 55.3 Å². The lowest BCUT2D eigenvalue weighted by Gasteiger charge is -2.32. The number of aromatic nitrogens is 2. The zero-order valence-corrected chi connectivity index (χ0v) is 12.7. The molecule has 0 radical (unpaired) electrons. The molecule has 5 nitrogen and oxygen atoms in total. The molecular formula is C15H17N3O2S. The van der Waals surface area contributed by atoms with Crippen molar-refractivity contribution in [1.29, 1.82) is 0 Å². The molecule has 1 atom stereocenters. The highest BCUT2D eigenvalue weighted by Crippen LogP contribution is 2.20. The molecule has 1 amide bonds. The summed E-state index contributed by atoms with van der Waals surface area (Å²) in [4.78, 5) is 22.8. The van der Waals surface area contributed by atoms with E-state index in [1.165, 1.54) is 0 Å². The molecule has 0 bridgehead atoms.